The van der Waals surface area contributed by atoms with Gasteiger partial charge in [0.1, 0.15) is 5.75 Å². The lowest BCUT2D eigenvalue weighted by Gasteiger charge is -2.11. The third kappa shape index (κ3) is 2.73. The first-order valence-corrected chi connectivity index (χ1v) is 7.68. The Morgan fingerprint density at radius 1 is 1.28 bits per heavy atom. The second-order valence-electron chi connectivity index (χ2n) is 4.14. The van der Waals surface area contributed by atoms with Crippen LogP contribution in [0.2, 0.25) is 5.02 Å². The van der Waals surface area contributed by atoms with Crippen molar-refractivity contribution in [1.82, 2.24) is 0 Å². The molecule has 1 nitrogen and oxygen atoms in total. The lowest BCUT2D eigenvalue weighted by molar-refractivity contribution is 0.414. The van der Waals surface area contributed by atoms with E-state index in [1.807, 2.05) is 18.2 Å². The largest absolute Gasteiger partial charge is 0.497 e. The van der Waals surface area contributed by atoms with Gasteiger partial charge in [-0.3, -0.25) is 0 Å². The Morgan fingerprint density at radius 2 is 2.00 bits per heavy atom. The van der Waals surface area contributed by atoms with E-state index in [1.165, 1.54) is 15.3 Å². The molecular weight excluding hydrogens is 332 g/mol. The van der Waals surface area contributed by atoms with Crippen LogP contribution in [0.4, 0.5) is 0 Å². The van der Waals surface area contributed by atoms with Crippen LogP contribution in [0.3, 0.4) is 0 Å². The van der Waals surface area contributed by atoms with Gasteiger partial charge in [0.25, 0.3) is 0 Å². The first-order valence-electron chi connectivity index (χ1n) is 5.57. The summed E-state index contributed by atoms with van der Waals surface area (Å²) in [5.41, 5.74) is 2.39. The third-order valence-electron chi connectivity index (χ3n) is 2.92. The molecule has 1 aromatic heterocycles. The van der Waals surface area contributed by atoms with E-state index < -0.39 is 0 Å². The molecule has 18 heavy (non-hydrogen) atoms. The standard InChI is InChI=1S/C14H14BrClOS/c1-8-6-13(18-9(8)2)14(15)11-5-4-10(17-3)7-12(11)16/h4-7,14H,1-3H3. The van der Waals surface area contributed by atoms with Gasteiger partial charge in [0.15, 0.2) is 0 Å². The summed E-state index contributed by atoms with van der Waals surface area (Å²) in [7, 11) is 1.64. The van der Waals surface area contributed by atoms with Crippen molar-refractivity contribution in [3.05, 3.63) is 50.2 Å². The molecule has 0 spiro atoms. The molecule has 4 heteroatoms. The fourth-order valence-corrected chi connectivity index (χ4v) is 3.98. The Labute approximate surface area is 125 Å². The molecular formula is C14H14BrClOS. The number of rotatable bonds is 3. The van der Waals surface area contributed by atoms with E-state index in [9.17, 15) is 0 Å². The predicted octanol–water partition coefficient (Wildman–Crippen LogP) is 5.51. The van der Waals surface area contributed by atoms with E-state index in [1.54, 1.807) is 18.4 Å². The molecule has 0 amide bonds. The van der Waals surface area contributed by atoms with Crippen LogP contribution in [-0.4, -0.2) is 7.11 Å². The molecule has 1 unspecified atom stereocenters. The first kappa shape index (κ1) is 13.9. The molecule has 0 radical (unpaired) electrons. The SMILES string of the molecule is COc1ccc(C(Br)c2cc(C)c(C)s2)c(Cl)c1. The number of halogens is 2. The molecule has 0 aliphatic carbocycles. The van der Waals surface area contributed by atoms with Crippen LogP contribution in [-0.2, 0) is 0 Å². The minimum absolute atomic E-state index is 0.133. The number of hydrogen-bond acceptors (Lipinski definition) is 2. The lowest BCUT2D eigenvalue weighted by atomic mass is 10.1. The van der Waals surface area contributed by atoms with Gasteiger partial charge >= 0.3 is 0 Å². The number of hydrogen-bond donors (Lipinski definition) is 0. The smallest absolute Gasteiger partial charge is 0.120 e. The Kier molecular flexibility index (Phi) is 4.36. The van der Waals surface area contributed by atoms with E-state index in [2.05, 4.69) is 35.8 Å². The van der Waals surface area contributed by atoms with Gasteiger partial charge in [-0.1, -0.05) is 33.6 Å². The van der Waals surface area contributed by atoms with Gasteiger partial charge in [-0.15, -0.1) is 11.3 Å². The molecule has 96 valence electrons. The van der Waals surface area contributed by atoms with Crippen molar-refractivity contribution in [2.45, 2.75) is 18.7 Å². The lowest BCUT2D eigenvalue weighted by Crippen LogP contribution is -1.92. The van der Waals surface area contributed by atoms with Crippen LogP contribution in [0.1, 0.15) is 25.7 Å². The van der Waals surface area contributed by atoms with E-state index in [-0.39, 0.29) is 4.83 Å². The number of ether oxygens (including phenoxy) is 1. The normalized spacial score (nSPS) is 12.5. The molecule has 0 saturated heterocycles. The zero-order valence-electron chi connectivity index (χ0n) is 10.5. The molecule has 0 fully saturated rings. The summed E-state index contributed by atoms with van der Waals surface area (Å²) in [6.07, 6.45) is 0. The molecule has 1 aromatic carbocycles. The molecule has 0 N–H and O–H groups in total. The summed E-state index contributed by atoms with van der Waals surface area (Å²) in [6.45, 7) is 4.27. The van der Waals surface area contributed by atoms with Crippen molar-refractivity contribution in [2.75, 3.05) is 7.11 Å². The third-order valence-corrected chi connectivity index (χ3v) is 5.75. The van der Waals surface area contributed by atoms with Gasteiger partial charge in [0.05, 0.1) is 11.9 Å². The highest BCUT2D eigenvalue weighted by Gasteiger charge is 2.17. The quantitative estimate of drug-likeness (QED) is 0.666. The minimum atomic E-state index is 0.133. The van der Waals surface area contributed by atoms with Gasteiger partial charge in [0, 0.05) is 14.8 Å². The average molecular weight is 346 g/mol. The second-order valence-corrected chi connectivity index (χ2v) is 6.75. The summed E-state index contributed by atoms with van der Waals surface area (Å²) in [6, 6.07) is 7.99. The van der Waals surface area contributed by atoms with Crippen LogP contribution >= 0.6 is 38.9 Å². The Morgan fingerprint density at radius 3 is 2.50 bits per heavy atom. The van der Waals surface area contributed by atoms with Crippen molar-refractivity contribution in [3.8, 4) is 5.75 Å². The average Bonchev–Trinajstić information content (AvgIpc) is 2.68. The van der Waals surface area contributed by atoms with Crippen LogP contribution in [0.25, 0.3) is 0 Å². The minimum Gasteiger partial charge on any atom is -0.497 e. The van der Waals surface area contributed by atoms with Crippen LogP contribution in [0.15, 0.2) is 24.3 Å². The van der Waals surface area contributed by atoms with E-state index >= 15 is 0 Å². The summed E-state index contributed by atoms with van der Waals surface area (Å²) < 4.78 is 5.16. The van der Waals surface area contributed by atoms with Gasteiger partial charge < -0.3 is 4.74 Å². The molecule has 1 heterocycles. The fraction of sp³-hybridized carbons (Fsp3) is 0.286. The molecule has 1 atom stereocenters. The summed E-state index contributed by atoms with van der Waals surface area (Å²) in [4.78, 5) is 2.75. The summed E-state index contributed by atoms with van der Waals surface area (Å²) in [5, 5.41) is 0.722. The Balaban J connectivity index is 2.36. The molecule has 0 aliphatic rings. The fourth-order valence-electron chi connectivity index (χ4n) is 1.72. The summed E-state index contributed by atoms with van der Waals surface area (Å²) >= 11 is 11.8. The Hall–Kier alpha value is -0.510. The van der Waals surface area contributed by atoms with Gasteiger partial charge in [-0.2, -0.15) is 0 Å². The van der Waals surface area contributed by atoms with Gasteiger partial charge in [0.2, 0.25) is 0 Å². The van der Waals surface area contributed by atoms with E-state index in [4.69, 9.17) is 16.3 Å². The van der Waals surface area contributed by atoms with Crippen LogP contribution in [0.5, 0.6) is 5.75 Å². The highest BCUT2D eigenvalue weighted by atomic mass is 79.9. The Bertz CT molecular complexity index is 545. The van der Waals surface area contributed by atoms with Crippen LogP contribution < -0.4 is 4.74 Å². The number of aryl methyl sites for hydroxylation is 2. The van der Waals surface area contributed by atoms with Crippen LogP contribution in [0, 0.1) is 13.8 Å². The van der Waals surface area contributed by atoms with Crippen molar-refractivity contribution in [3.63, 3.8) is 0 Å². The zero-order chi connectivity index (χ0) is 13.3. The number of alkyl halides is 1. The van der Waals surface area contributed by atoms with Crippen molar-refractivity contribution in [1.29, 1.82) is 0 Å². The highest BCUT2D eigenvalue weighted by molar-refractivity contribution is 9.09. The number of thiophene rings is 1. The van der Waals surface area contributed by atoms with E-state index in [0.717, 1.165) is 16.3 Å². The first-order chi connectivity index (χ1) is 8.52. The second kappa shape index (κ2) is 5.64. The van der Waals surface area contributed by atoms with Gasteiger partial charge in [-0.05, 0) is 43.2 Å². The van der Waals surface area contributed by atoms with Gasteiger partial charge in [-0.25, -0.2) is 0 Å². The van der Waals surface area contributed by atoms with E-state index in [0.29, 0.717) is 0 Å². The predicted molar refractivity (Wildman–Crippen MR) is 82.6 cm³/mol. The molecule has 0 aliphatic heterocycles. The molecule has 2 aromatic rings. The monoisotopic (exact) mass is 344 g/mol. The molecule has 0 bridgehead atoms. The topological polar surface area (TPSA) is 9.23 Å². The number of methoxy groups -OCH3 is 1. The van der Waals surface area contributed by atoms with Crippen molar-refractivity contribution < 1.29 is 4.74 Å². The zero-order valence-corrected chi connectivity index (χ0v) is 13.6. The maximum absolute atomic E-state index is 6.29. The molecule has 0 saturated carbocycles. The highest BCUT2D eigenvalue weighted by Crippen LogP contribution is 2.40. The van der Waals surface area contributed by atoms with Crippen molar-refractivity contribution in [2.24, 2.45) is 0 Å². The summed E-state index contributed by atoms with van der Waals surface area (Å²) in [5.74, 6) is 0.780. The maximum Gasteiger partial charge on any atom is 0.120 e. The van der Waals surface area contributed by atoms with Crippen molar-refractivity contribution >= 4 is 38.9 Å². The number of benzene rings is 1. The molecule has 2 rings (SSSR count). The maximum atomic E-state index is 6.29.